The third-order valence-electron chi connectivity index (χ3n) is 4.14. The minimum atomic E-state index is -0.822. The van der Waals surface area contributed by atoms with Crippen LogP contribution in [0.4, 0.5) is 4.39 Å². The topological polar surface area (TPSA) is 23.5 Å². The van der Waals surface area contributed by atoms with Crippen LogP contribution in [-0.4, -0.2) is 28.7 Å². The maximum atomic E-state index is 13.7. The molecule has 0 aromatic heterocycles. The number of halogens is 1. The van der Waals surface area contributed by atoms with E-state index in [0.717, 1.165) is 13.1 Å². The second-order valence-electron chi connectivity index (χ2n) is 5.94. The van der Waals surface area contributed by atoms with E-state index in [1.165, 1.54) is 11.6 Å². The highest BCUT2D eigenvalue weighted by atomic mass is 19.1. The summed E-state index contributed by atoms with van der Waals surface area (Å²) in [5.74, 6) is -0.229. The van der Waals surface area contributed by atoms with Crippen LogP contribution in [0.25, 0.3) is 0 Å². The fraction of sp³-hybridized carbons (Fsp3) is 0.333. The molecule has 3 rings (SSSR count). The number of β-amino-alcohol motifs (C(OH)–C–C–N with tert-alkyl or cyclic N) is 1. The number of nitrogens with zero attached hydrogens (tertiary/aromatic N) is 1. The van der Waals surface area contributed by atoms with Crippen LogP contribution in [0.3, 0.4) is 0 Å². The normalized spacial score (nSPS) is 22.6. The first-order valence-corrected chi connectivity index (χ1v) is 7.37. The van der Waals surface area contributed by atoms with Crippen LogP contribution in [0.5, 0.6) is 0 Å². The number of hydrogen-bond acceptors (Lipinski definition) is 2. The zero-order valence-electron chi connectivity index (χ0n) is 12.0. The van der Waals surface area contributed by atoms with E-state index in [9.17, 15) is 9.50 Å². The van der Waals surface area contributed by atoms with Crippen molar-refractivity contribution >= 4 is 0 Å². The van der Waals surface area contributed by atoms with E-state index >= 15 is 0 Å². The first-order chi connectivity index (χ1) is 10.1. The molecule has 1 aliphatic rings. The number of hydrogen-bond donors (Lipinski definition) is 1. The number of aliphatic hydroxyl groups is 1. The molecule has 0 aliphatic carbocycles. The summed E-state index contributed by atoms with van der Waals surface area (Å²) < 4.78 is 13.7. The van der Waals surface area contributed by atoms with Gasteiger partial charge in [-0.1, -0.05) is 48.5 Å². The quantitative estimate of drug-likeness (QED) is 0.933. The Kier molecular flexibility index (Phi) is 4.04. The van der Waals surface area contributed by atoms with Crippen LogP contribution in [0.15, 0.2) is 54.6 Å². The monoisotopic (exact) mass is 285 g/mol. The average Bonchev–Trinajstić information content (AvgIpc) is 2.84. The van der Waals surface area contributed by atoms with Crippen molar-refractivity contribution in [3.63, 3.8) is 0 Å². The molecule has 21 heavy (non-hydrogen) atoms. The van der Waals surface area contributed by atoms with Crippen LogP contribution < -0.4 is 0 Å². The Morgan fingerprint density at radius 3 is 2.52 bits per heavy atom. The molecular weight excluding hydrogens is 265 g/mol. The lowest BCUT2D eigenvalue weighted by atomic mass is 9.93. The summed E-state index contributed by atoms with van der Waals surface area (Å²) in [6.45, 7) is 2.27. The summed E-state index contributed by atoms with van der Waals surface area (Å²) in [6, 6.07) is 16.9. The van der Waals surface area contributed by atoms with Gasteiger partial charge in [0.2, 0.25) is 0 Å². The predicted molar refractivity (Wildman–Crippen MR) is 81.4 cm³/mol. The van der Waals surface area contributed by atoms with E-state index < -0.39 is 5.60 Å². The van der Waals surface area contributed by atoms with Crippen molar-refractivity contribution < 1.29 is 9.50 Å². The van der Waals surface area contributed by atoms with E-state index in [1.807, 2.05) is 24.3 Å². The standard InChI is InChI=1S/C18H20FNO/c19-17-9-5-4-8-16(17)12-18(21)10-11-20(14-18)13-15-6-2-1-3-7-15/h1-9,21H,10-14H2. The van der Waals surface area contributed by atoms with Crippen molar-refractivity contribution in [3.05, 3.63) is 71.5 Å². The van der Waals surface area contributed by atoms with E-state index in [1.54, 1.807) is 12.1 Å². The first-order valence-electron chi connectivity index (χ1n) is 7.37. The van der Waals surface area contributed by atoms with Gasteiger partial charge in [-0.2, -0.15) is 0 Å². The first kappa shape index (κ1) is 14.2. The highest BCUT2D eigenvalue weighted by Gasteiger charge is 2.36. The molecule has 0 spiro atoms. The molecule has 3 heteroatoms. The van der Waals surface area contributed by atoms with Gasteiger partial charge in [0.25, 0.3) is 0 Å². The molecule has 1 saturated heterocycles. The van der Waals surface area contributed by atoms with E-state index in [4.69, 9.17) is 0 Å². The number of rotatable bonds is 4. The summed E-state index contributed by atoms with van der Waals surface area (Å²) >= 11 is 0. The average molecular weight is 285 g/mol. The summed E-state index contributed by atoms with van der Waals surface area (Å²) in [4.78, 5) is 2.23. The van der Waals surface area contributed by atoms with Crippen molar-refractivity contribution in [2.45, 2.75) is 25.0 Å². The third-order valence-corrected chi connectivity index (χ3v) is 4.14. The van der Waals surface area contributed by atoms with Gasteiger partial charge in [-0.05, 0) is 23.6 Å². The fourth-order valence-corrected chi connectivity index (χ4v) is 3.06. The van der Waals surface area contributed by atoms with Gasteiger partial charge in [0.1, 0.15) is 5.82 Å². The largest absolute Gasteiger partial charge is 0.388 e. The lowest BCUT2D eigenvalue weighted by molar-refractivity contribution is 0.0480. The van der Waals surface area contributed by atoms with Crippen LogP contribution >= 0.6 is 0 Å². The van der Waals surface area contributed by atoms with Gasteiger partial charge < -0.3 is 5.11 Å². The molecule has 110 valence electrons. The maximum absolute atomic E-state index is 13.7. The summed E-state index contributed by atoms with van der Waals surface area (Å²) in [7, 11) is 0. The Morgan fingerprint density at radius 1 is 1.05 bits per heavy atom. The van der Waals surface area contributed by atoms with E-state index in [-0.39, 0.29) is 5.82 Å². The Balaban J connectivity index is 1.64. The van der Waals surface area contributed by atoms with Crippen molar-refractivity contribution in [1.82, 2.24) is 4.90 Å². The maximum Gasteiger partial charge on any atom is 0.126 e. The molecular formula is C18H20FNO. The second kappa shape index (κ2) is 5.96. The smallest absolute Gasteiger partial charge is 0.126 e. The molecule has 1 unspecified atom stereocenters. The molecule has 2 nitrogen and oxygen atoms in total. The molecule has 2 aromatic rings. The van der Waals surface area contributed by atoms with Crippen molar-refractivity contribution in [3.8, 4) is 0 Å². The van der Waals surface area contributed by atoms with Gasteiger partial charge in [-0.15, -0.1) is 0 Å². The van der Waals surface area contributed by atoms with Crippen molar-refractivity contribution in [1.29, 1.82) is 0 Å². The summed E-state index contributed by atoms with van der Waals surface area (Å²) in [5, 5.41) is 10.7. The minimum absolute atomic E-state index is 0.229. The zero-order chi connectivity index (χ0) is 14.7. The van der Waals surface area contributed by atoms with Gasteiger partial charge >= 0.3 is 0 Å². The Hall–Kier alpha value is -1.71. The Labute approximate surface area is 124 Å². The van der Waals surface area contributed by atoms with Crippen molar-refractivity contribution in [2.24, 2.45) is 0 Å². The highest BCUT2D eigenvalue weighted by Crippen LogP contribution is 2.27. The third kappa shape index (κ3) is 3.49. The Morgan fingerprint density at radius 2 is 1.76 bits per heavy atom. The second-order valence-corrected chi connectivity index (χ2v) is 5.94. The van der Waals surface area contributed by atoms with Gasteiger partial charge in [0, 0.05) is 26.1 Å². The fourth-order valence-electron chi connectivity index (χ4n) is 3.06. The molecule has 1 heterocycles. The molecule has 1 fully saturated rings. The number of likely N-dealkylation sites (tertiary alicyclic amines) is 1. The molecule has 0 amide bonds. The van der Waals surface area contributed by atoms with E-state index in [2.05, 4.69) is 17.0 Å². The predicted octanol–water partition coefficient (Wildman–Crippen LogP) is 3.01. The number of benzene rings is 2. The van der Waals surface area contributed by atoms with Gasteiger partial charge in [0.05, 0.1) is 5.60 Å². The molecule has 1 aliphatic heterocycles. The molecule has 0 radical (unpaired) electrons. The zero-order valence-corrected chi connectivity index (χ0v) is 12.0. The highest BCUT2D eigenvalue weighted by molar-refractivity contribution is 5.20. The Bertz CT molecular complexity index is 601. The molecule has 1 atom stereocenters. The van der Waals surface area contributed by atoms with Crippen LogP contribution in [0.2, 0.25) is 0 Å². The van der Waals surface area contributed by atoms with Crippen LogP contribution in [0.1, 0.15) is 17.5 Å². The van der Waals surface area contributed by atoms with Crippen LogP contribution in [0, 0.1) is 5.82 Å². The van der Waals surface area contributed by atoms with Gasteiger partial charge in [0.15, 0.2) is 0 Å². The SMILES string of the molecule is OC1(Cc2ccccc2F)CCN(Cc2ccccc2)C1. The van der Waals surface area contributed by atoms with Gasteiger partial charge in [-0.3, -0.25) is 4.90 Å². The molecule has 0 saturated carbocycles. The van der Waals surface area contributed by atoms with Crippen molar-refractivity contribution in [2.75, 3.05) is 13.1 Å². The van der Waals surface area contributed by atoms with E-state index in [0.29, 0.717) is 24.9 Å². The van der Waals surface area contributed by atoms with Gasteiger partial charge in [-0.25, -0.2) is 4.39 Å². The lowest BCUT2D eigenvalue weighted by Crippen LogP contribution is -2.35. The summed E-state index contributed by atoms with van der Waals surface area (Å²) in [5.41, 5.74) is 1.02. The molecule has 1 N–H and O–H groups in total. The summed E-state index contributed by atoms with van der Waals surface area (Å²) in [6.07, 6.45) is 1.07. The lowest BCUT2D eigenvalue weighted by Gasteiger charge is -2.24. The molecule has 2 aromatic carbocycles. The minimum Gasteiger partial charge on any atom is -0.388 e. The van der Waals surface area contributed by atoms with Crippen LogP contribution in [-0.2, 0) is 13.0 Å². The molecule has 0 bridgehead atoms.